The number of hydrogen-bond donors (Lipinski definition) is 0. The Hall–Kier alpha value is -0.600. The van der Waals surface area contributed by atoms with Crippen LogP contribution in [-0.4, -0.2) is 24.4 Å². The monoisotopic (exact) mass is 388 g/mol. The summed E-state index contributed by atoms with van der Waals surface area (Å²) in [5.41, 5.74) is 3.88. The Labute approximate surface area is 174 Å². The predicted octanol–water partition coefficient (Wildman–Crippen LogP) is 6.81. The van der Waals surface area contributed by atoms with Crippen LogP contribution in [0.5, 0.6) is 0 Å². The van der Waals surface area contributed by atoms with Crippen molar-refractivity contribution in [1.29, 1.82) is 0 Å². The number of fused-ring (bicyclic) bond motifs is 2. The average molecular weight is 389 g/mol. The molecule has 0 radical (unpaired) electrons. The molecule has 0 spiro atoms. The molecule has 0 N–H and O–H groups in total. The largest absolute Gasteiger partial charge is 0.375 e. The van der Waals surface area contributed by atoms with Gasteiger partial charge in [0.15, 0.2) is 0 Å². The third-order valence-corrected chi connectivity index (χ3v) is 8.89. The molecule has 2 heterocycles. The Morgan fingerprint density at radius 3 is 2.04 bits per heavy atom. The lowest BCUT2D eigenvalue weighted by atomic mass is 9.60. The summed E-state index contributed by atoms with van der Waals surface area (Å²) in [6, 6.07) is 0. The molecule has 2 nitrogen and oxygen atoms in total. The lowest BCUT2D eigenvalue weighted by Gasteiger charge is -2.42. The molecule has 2 fully saturated rings. The topological polar surface area (TPSA) is 18.5 Å². The molecular weight excluding hydrogens is 344 g/mol. The van der Waals surface area contributed by atoms with Crippen molar-refractivity contribution >= 4 is 0 Å². The Morgan fingerprint density at radius 2 is 1.39 bits per heavy atom. The fourth-order valence-electron chi connectivity index (χ4n) is 6.57. The first kappa shape index (κ1) is 22.1. The highest BCUT2D eigenvalue weighted by Gasteiger charge is 2.54. The van der Waals surface area contributed by atoms with Crippen LogP contribution in [0.4, 0.5) is 0 Å². The van der Waals surface area contributed by atoms with Gasteiger partial charge in [-0.1, -0.05) is 51.0 Å². The van der Waals surface area contributed by atoms with E-state index in [4.69, 9.17) is 9.47 Å². The lowest BCUT2D eigenvalue weighted by Crippen LogP contribution is -2.41. The molecule has 2 aliphatic carbocycles. The van der Waals surface area contributed by atoms with Crippen LogP contribution in [0, 0.1) is 34.5 Å². The summed E-state index contributed by atoms with van der Waals surface area (Å²) >= 11 is 0. The Kier molecular flexibility index (Phi) is 5.51. The van der Waals surface area contributed by atoms with Crippen LogP contribution in [-0.2, 0) is 9.47 Å². The molecule has 2 aliphatic heterocycles. The van der Waals surface area contributed by atoms with Gasteiger partial charge in [-0.3, -0.25) is 0 Å². The van der Waals surface area contributed by atoms with Gasteiger partial charge >= 0.3 is 0 Å². The maximum atomic E-state index is 5.98. The van der Waals surface area contributed by atoms with Crippen molar-refractivity contribution in [1.82, 2.24) is 0 Å². The van der Waals surface area contributed by atoms with Crippen molar-refractivity contribution in [2.75, 3.05) is 13.2 Å². The molecule has 4 aliphatic rings. The summed E-state index contributed by atoms with van der Waals surface area (Å²) in [6.45, 7) is 24.7. The second-order valence-electron chi connectivity index (χ2n) is 11.9. The summed E-state index contributed by atoms with van der Waals surface area (Å²) in [5.74, 6) is 2.75. The van der Waals surface area contributed by atoms with Crippen LogP contribution >= 0.6 is 0 Å². The fraction of sp³-hybridized carbons (Fsp3) is 0.846. The van der Waals surface area contributed by atoms with E-state index in [1.54, 1.807) is 5.57 Å². The quantitative estimate of drug-likeness (QED) is 0.424. The summed E-state index contributed by atoms with van der Waals surface area (Å²) in [6.07, 6.45) is 7.36. The van der Waals surface area contributed by atoms with Crippen LogP contribution in [0.2, 0.25) is 0 Å². The van der Waals surface area contributed by atoms with Gasteiger partial charge in [0.05, 0.1) is 24.4 Å². The molecular formula is C26H44O2. The smallest absolute Gasteiger partial charge is 0.0664 e. The van der Waals surface area contributed by atoms with E-state index in [2.05, 4.69) is 81.4 Å². The van der Waals surface area contributed by atoms with E-state index >= 15 is 0 Å². The molecule has 0 aromatic heterocycles. The first-order valence-corrected chi connectivity index (χ1v) is 11.4. The van der Waals surface area contributed by atoms with E-state index in [1.165, 1.54) is 18.4 Å². The minimum Gasteiger partial charge on any atom is -0.375 e. The average Bonchev–Trinajstić information content (AvgIpc) is 2.96. The Balaban J connectivity index is 0.000000161. The summed E-state index contributed by atoms with van der Waals surface area (Å²) in [7, 11) is 0. The van der Waals surface area contributed by atoms with Crippen LogP contribution in [0.15, 0.2) is 23.3 Å². The number of allylic oxidation sites excluding steroid dienone is 3. The van der Waals surface area contributed by atoms with Crippen LogP contribution in [0.25, 0.3) is 0 Å². The first-order valence-electron chi connectivity index (χ1n) is 11.4. The third-order valence-electron chi connectivity index (χ3n) is 8.89. The molecule has 0 amide bonds. The maximum Gasteiger partial charge on any atom is 0.0664 e. The highest BCUT2D eigenvalue weighted by molar-refractivity contribution is 5.22. The summed E-state index contributed by atoms with van der Waals surface area (Å²) < 4.78 is 11.9. The first-order chi connectivity index (χ1) is 12.7. The molecule has 0 aromatic rings. The Morgan fingerprint density at radius 1 is 0.821 bits per heavy atom. The van der Waals surface area contributed by atoms with Gasteiger partial charge in [0.1, 0.15) is 0 Å². The highest BCUT2D eigenvalue weighted by Crippen LogP contribution is 2.55. The molecule has 2 saturated heterocycles. The molecule has 0 bridgehead atoms. The predicted molar refractivity (Wildman–Crippen MR) is 118 cm³/mol. The van der Waals surface area contributed by atoms with Gasteiger partial charge in [0.25, 0.3) is 0 Å². The van der Waals surface area contributed by atoms with Gasteiger partial charge in [-0.05, 0) is 78.1 Å². The van der Waals surface area contributed by atoms with Gasteiger partial charge in [-0.15, -0.1) is 0 Å². The minimum absolute atomic E-state index is 0.0680. The Bertz CT molecular complexity index is 664. The van der Waals surface area contributed by atoms with Crippen molar-refractivity contribution < 1.29 is 9.47 Å². The normalized spacial score (nSPS) is 45.9. The van der Waals surface area contributed by atoms with E-state index < -0.39 is 0 Å². The minimum atomic E-state index is 0.0680. The SMILES string of the molecule is CC1=CC(C)C2(C)COC(C)(C)C2C1.CC1=CC(C)CC2C(C)(C)OCC12C. The molecule has 6 atom stereocenters. The van der Waals surface area contributed by atoms with E-state index in [-0.39, 0.29) is 11.2 Å². The second kappa shape index (κ2) is 6.98. The van der Waals surface area contributed by atoms with Crippen molar-refractivity contribution in [2.45, 2.75) is 93.3 Å². The maximum absolute atomic E-state index is 5.98. The van der Waals surface area contributed by atoms with Gasteiger partial charge in [-0.2, -0.15) is 0 Å². The molecule has 28 heavy (non-hydrogen) atoms. The standard InChI is InChI=1S/2C13H22O/c2*1-9-6-10(2)13(5)8-14-12(3,4)11(13)7-9/h6,10-11H,7-8H2,1-5H3;6,9,11H,7-8H2,1-5H3. The van der Waals surface area contributed by atoms with Crippen LogP contribution < -0.4 is 0 Å². The number of hydrogen-bond acceptors (Lipinski definition) is 2. The number of ether oxygens (including phenoxy) is 2. The van der Waals surface area contributed by atoms with E-state index in [9.17, 15) is 0 Å². The highest BCUT2D eigenvalue weighted by atomic mass is 16.5. The van der Waals surface area contributed by atoms with Crippen molar-refractivity contribution in [3.8, 4) is 0 Å². The van der Waals surface area contributed by atoms with Gasteiger partial charge in [0, 0.05) is 10.8 Å². The van der Waals surface area contributed by atoms with Crippen molar-refractivity contribution in [2.24, 2.45) is 34.5 Å². The summed E-state index contributed by atoms with van der Waals surface area (Å²) in [4.78, 5) is 0. The molecule has 4 rings (SSSR count). The van der Waals surface area contributed by atoms with E-state index in [1.807, 2.05) is 0 Å². The van der Waals surface area contributed by atoms with Gasteiger partial charge in [-0.25, -0.2) is 0 Å². The summed E-state index contributed by atoms with van der Waals surface area (Å²) in [5, 5.41) is 0. The molecule has 6 unspecified atom stereocenters. The lowest BCUT2D eigenvalue weighted by molar-refractivity contribution is 0.00697. The van der Waals surface area contributed by atoms with Crippen molar-refractivity contribution in [3.05, 3.63) is 23.3 Å². The third kappa shape index (κ3) is 3.54. The molecule has 160 valence electrons. The zero-order valence-corrected chi connectivity index (χ0v) is 20.1. The van der Waals surface area contributed by atoms with E-state index in [0.29, 0.717) is 34.5 Å². The van der Waals surface area contributed by atoms with Crippen LogP contribution in [0.3, 0.4) is 0 Å². The second-order valence-corrected chi connectivity index (χ2v) is 11.9. The van der Waals surface area contributed by atoms with E-state index in [0.717, 1.165) is 13.2 Å². The zero-order chi connectivity index (χ0) is 21.1. The van der Waals surface area contributed by atoms with Gasteiger partial charge < -0.3 is 9.47 Å². The molecule has 2 heteroatoms. The number of rotatable bonds is 0. The molecule has 0 aromatic carbocycles. The van der Waals surface area contributed by atoms with Crippen molar-refractivity contribution in [3.63, 3.8) is 0 Å². The zero-order valence-electron chi connectivity index (χ0n) is 20.1. The van der Waals surface area contributed by atoms with Gasteiger partial charge in [0.2, 0.25) is 0 Å². The molecule has 0 saturated carbocycles. The van der Waals surface area contributed by atoms with Crippen LogP contribution in [0.1, 0.15) is 82.1 Å². The fourth-order valence-corrected chi connectivity index (χ4v) is 6.57.